The molecule has 0 heterocycles. The van der Waals surface area contributed by atoms with Crippen LogP contribution in [0.25, 0.3) is 10.8 Å². The minimum absolute atomic E-state index is 0.00447. The van der Waals surface area contributed by atoms with Gasteiger partial charge >= 0.3 is 0 Å². The predicted octanol–water partition coefficient (Wildman–Crippen LogP) is 4.73. The second-order valence-corrected chi connectivity index (χ2v) is 11.6. The van der Waals surface area contributed by atoms with E-state index in [9.17, 15) is 35.8 Å². The maximum atomic E-state index is 12.9. The van der Waals surface area contributed by atoms with Gasteiger partial charge in [-0.05, 0) is 72.9 Å². The average Bonchev–Trinajstić information content (AvgIpc) is 2.87. The third-order valence-electron chi connectivity index (χ3n) is 5.87. The van der Waals surface area contributed by atoms with E-state index in [4.69, 9.17) is 0 Å². The number of aryl methyl sites for hydroxylation is 1. The Hall–Kier alpha value is -4.21. The molecule has 0 aromatic heterocycles. The minimum atomic E-state index is -4.69. The zero-order valence-corrected chi connectivity index (χ0v) is 22.8. The number of anilines is 1. The van der Waals surface area contributed by atoms with Gasteiger partial charge in [-0.1, -0.05) is 24.3 Å². The van der Waals surface area contributed by atoms with Crippen molar-refractivity contribution >= 4 is 54.0 Å². The topological polar surface area (TPSA) is 195 Å². The van der Waals surface area contributed by atoms with Gasteiger partial charge in [0.05, 0.1) is 10.6 Å². The number of azo groups is 1. The first-order valence-corrected chi connectivity index (χ1v) is 14.5. The van der Waals surface area contributed by atoms with Crippen LogP contribution in [0.3, 0.4) is 0 Å². The largest absolute Gasteiger partial charge is 0.505 e. The molecule has 14 heteroatoms. The molecule has 0 fully saturated rings. The van der Waals surface area contributed by atoms with Crippen molar-refractivity contribution in [2.24, 2.45) is 10.2 Å². The van der Waals surface area contributed by atoms with Gasteiger partial charge in [-0.2, -0.15) is 16.8 Å². The van der Waals surface area contributed by atoms with Crippen molar-refractivity contribution in [3.8, 4) is 5.75 Å². The molecule has 4 aromatic rings. The average molecular weight is 585 g/mol. The quantitative estimate of drug-likeness (QED) is 0.144. The van der Waals surface area contributed by atoms with Crippen LogP contribution in [0.2, 0.25) is 0 Å². The fourth-order valence-corrected chi connectivity index (χ4v) is 5.20. The van der Waals surface area contributed by atoms with Crippen LogP contribution >= 0.6 is 0 Å². The molecule has 0 saturated carbocycles. The van der Waals surface area contributed by atoms with E-state index in [1.165, 1.54) is 43.3 Å². The molecule has 4 rings (SSSR count). The van der Waals surface area contributed by atoms with Crippen molar-refractivity contribution in [2.75, 3.05) is 12.4 Å². The Morgan fingerprint density at radius 2 is 1.60 bits per heavy atom. The van der Waals surface area contributed by atoms with Crippen LogP contribution in [0.5, 0.6) is 5.75 Å². The molecule has 0 aliphatic heterocycles. The highest BCUT2D eigenvalue weighted by Gasteiger charge is 2.21. The monoisotopic (exact) mass is 584 g/mol. The fraction of sp³-hybridized carbons (Fsp3) is 0.115. The van der Waals surface area contributed by atoms with Crippen LogP contribution in [-0.4, -0.2) is 44.0 Å². The van der Waals surface area contributed by atoms with Gasteiger partial charge in [-0.15, -0.1) is 10.2 Å². The summed E-state index contributed by atoms with van der Waals surface area (Å²) >= 11 is 0. The van der Waals surface area contributed by atoms with Crippen molar-refractivity contribution in [1.82, 2.24) is 5.32 Å². The summed E-state index contributed by atoms with van der Waals surface area (Å²) in [5.74, 6) is -1.11. The van der Waals surface area contributed by atoms with Crippen molar-refractivity contribution < 1.29 is 35.8 Å². The van der Waals surface area contributed by atoms with Crippen LogP contribution < -0.4 is 10.6 Å². The summed E-state index contributed by atoms with van der Waals surface area (Å²) in [6.07, 6.45) is 0. The summed E-state index contributed by atoms with van der Waals surface area (Å²) in [5, 5.41) is 24.9. The number of amides is 1. The highest BCUT2D eigenvalue weighted by atomic mass is 32.2. The third kappa shape index (κ3) is 6.16. The number of hydrogen-bond donors (Lipinski definition) is 5. The van der Waals surface area contributed by atoms with Crippen LogP contribution in [0.1, 0.15) is 21.5 Å². The van der Waals surface area contributed by atoms with Gasteiger partial charge in [-0.3, -0.25) is 13.9 Å². The molecule has 1 amide bonds. The Morgan fingerprint density at radius 3 is 2.23 bits per heavy atom. The highest BCUT2D eigenvalue weighted by Crippen LogP contribution is 2.43. The number of hydrogen-bond acceptors (Lipinski definition) is 9. The molecule has 0 radical (unpaired) electrons. The zero-order chi connectivity index (χ0) is 29.2. The van der Waals surface area contributed by atoms with Crippen molar-refractivity contribution in [3.63, 3.8) is 0 Å². The molecule has 5 N–H and O–H groups in total. The second kappa shape index (κ2) is 11.1. The lowest BCUT2D eigenvalue weighted by Crippen LogP contribution is -2.13. The maximum Gasteiger partial charge on any atom is 0.296 e. The Kier molecular flexibility index (Phi) is 8.00. The molecule has 0 unspecified atom stereocenters. The number of benzene rings is 4. The van der Waals surface area contributed by atoms with Gasteiger partial charge in [0.1, 0.15) is 16.3 Å². The number of aromatic hydroxyl groups is 1. The summed E-state index contributed by atoms with van der Waals surface area (Å²) in [7, 11) is -7.65. The molecule has 0 bridgehead atoms. The highest BCUT2D eigenvalue weighted by molar-refractivity contribution is 7.86. The first kappa shape index (κ1) is 28.8. The van der Waals surface area contributed by atoms with Crippen LogP contribution in [0.4, 0.5) is 17.1 Å². The Balaban J connectivity index is 1.91. The van der Waals surface area contributed by atoms with E-state index in [0.717, 1.165) is 12.1 Å². The Labute approximate surface area is 229 Å². The van der Waals surface area contributed by atoms with E-state index in [1.807, 2.05) is 0 Å². The zero-order valence-electron chi connectivity index (χ0n) is 21.2. The molecular weight excluding hydrogens is 560 g/mol. The summed E-state index contributed by atoms with van der Waals surface area (Å²) in [6.45, 7) is 1.91. The number of phenolic OH excluding ortho intramolecular Hbond substituents is 1. The number of phenols is 1. The van der Waals surface area contributed by atoms with E-state index in [0.29, 0.717) is 17.7 Å². The van der Waals surface area contributed by atoms with Gasteiger partial charge in [0.2, 0.25) is 0 Å². The Morgan fingerprint density at radius 1 is 0.900 bits per heavy atom. The lowest BCUT2D eigenvalue weighted by atomic mass is 10.0. The van der Waals surface area contributed by atoms with Crippen LogP contribution in [-0.2, 0) is 26.8 Å². The van der Waals surface area contributed by atoms with Crippen molar-refractivity contribution in [2.45, 2.75) is 23.3 Å². The lowest BCUT2D eigenvalue weighted by molar-refractivity contribution is 0.102. The number of rotatable bonds is 8. The van der Waals surface area contributed by atoms with Crippen LogP contribution in [0, 0.1) is 6.92 Å². The van der Waals surface area contributed by atoms with E-state index < -0.39 is 41.7 Å². The van der Waals surface area contributed by atoms with Gasteiger partial charge in [0.15, 0.2) is 5.75 Å². The van der Waals surface area contributed by atoms with E-state index >= 15 is 0 Å². The Bertz CT molecular complexity index is 1870. The minimum Gasteiger partial charge on any atom is -0.505 e. The summed E-state index contributed by atoms with van der Waals surface area (Å²) in [5.41, 5.74) is 0.769. The number of carbonyl (C=O) groups excluding carboxylic acids is 1. The summed E-state index contributed by atoms with van der Waals surface area (Å²) in [4.78, 5) is 11.9. The molecule has 0 saturated heterocycles. The molecule has 4 aromatic carbocycles. The third-order valence-corrected chi connectivity index (χ3v) is 7.60. The normalized spacial score (nSPS) is 12.2. The SMILES string of the molecule is CNCc1ccc(S(=O)(=O)O)c(N=Nc2c(C)cc3cc(S(=O)(=O)O)cc(NC(=O)c4ccccc4)c3c2O)c1. The molecular formula is C26H24N4O8S2. The first-order valence-electron chi connectivity index (χ1n) is 11.6. The summed E-state index contributed by atoms with van der Waals surface area (Å²) < 4.78 is 67.0. The lowest BCUT2D eigenvalue weighted by Gasteiger charge is -2.15. The standard InChI is InChI=1S/C26H24N4O8S2/c1-15-10-18-12-19(39(33,34)35)13-21(28-26(32)17-6-4-3-5-7-17)23(18)25(31)24(15)30-29-20-11-16(14-27-2)8-9-22(20)40(36,37)38/h3-13,27,31H,14H2,1-2H3,(H,28,32)(H,33,34,35)(H,36,37,38). The van der Waals surface area contributed by atoms with Gasteiger partial charge in [-0.25, -0.2) is 0 Å². The number of carbonyl (C=O) groups is 1. The molecule has 0 atom stereocenters. The molecule has 0 aliphatic rings. The molecule has 0 spiro atoms. The van der Waals surface area contributed by atoms with E-state index in [-0.39, 0.29) is 33.4 Å². The number of nitrogens with zero attached hydrogens (tertiary/aromatic N) is 2. The van der Waals surface area contributed by atoms with E-state index in [1.54, 1.807) is 25.2 Å². The smallest absolute Gasteiger partial charge is 0.296 e. The van der Waals surface area contributed by atoms with Gasteiger partial charge < -0.3 is 15.7 Å². The van der Waals surface area contributed by atoms with Crippen molar-refractivity contribution in [1.29, 1.82) is 0 Å². The number of fused-ring (bicyclic) bond motifs is 1. The van der Waals surface area contributed by atoms with E-state index in [2.05, 4.69) is 20.9 Å². The van der Waals surface area contributed by atoms with Crippen LogP contribution in [0.15, 0.2) is 86.7 Å². The van der Waals surface area contributed by atoms with Gasteiger partial charge in [0.25, 0.3) is 26.1 Å². The molecule has 208 valence electrons. The number of nitrogens with one attached hydrogen (secondary N) is 2. The summed E-state index contributed by atoms with van der Waals surface area (Å²) in [6, 6.07) is 15.7. The fourth-order valence-electron chi connectivity index (χ4n) is 4.06. The van der Waals surface area contributed by atoms with Gasteiger partial charge in [0, 0.05) is 17.5 Å². The van der Waals surface area contributed by atoms with Crippen molar-refractivity contribution in [3.05, 3.63) is 83.4 Å². The molecule has 40 heavy (non-hydrogen) atoms. The second-order valence-electron chi connectivity index (χ2n) is 8.76. The molecule has 0 aliphatic carbocycles. The molecule has 12 nitrogen and oxygen atoms in total. The predicted molar refractivity (Wildman–Crippen MR) is 148 cm³/mol. The first-order chi connectivity index (χ1) is 18.8. The maximum absolute atomic E-state index is 12.9.